The van der Waals surface area contributed by atoms with Gasteiger partial charge in [0.1, 0.15) is 10.8 Å². The molecule has 2 aliphatic carbocycles. The number of nitrogens with zero attached hydrogens (tertiary/aromatic N) is 5. The summed E-state index contributed by atoms with van der Waals surface area (Å²) in [5, 5.41) is 1.33. The first kappa shape index (κ1) is 27.7. The molecule has 1 saturated carbocycles. The first-order chi connectivity index (χ1) is 18.5. The first-order valence-electron chi connectivity index (χ1n) is 13.1. The lowest BCUT2D eigenvalue weighted by Crippen LogP contribution is -2.48. The van der Waals surface area contributed by atoms with Crippen molar-refractivity contribution in [3.05, 3.63) is 44.2 Å². The van der Waals surface area contributed by atoms with Gasteiger partial charge in [0.25, 0.3) is 0 Å². The fourth-order valence-electron chi connectivity index (χ4n) is 5.39. The second-order valence-electron chi connectivity index (χ2n) is 11.5. The lowest BCUT2D eigenvalue weighted by molar-refractivity contribution is 0.177. The second kappa shape index (κ2) is 10.4. The van der Waals surface area contributed by atoms with Gasteiger partial charge in [-0.15, -0.1) is 11.3 Å². The van der Waals surface area contributed by atoms with Crippen LogP contribution >= 0.6 is 46.3 Å². The molecule has 8 nitrogen and oxygen atoms in total. The average molecular weight is 625 g/mol. The van der Waals surface area contributed by atoms with Gasteiger partial charge < -0.3 is 10.6 Å². The van der Waals surface area contributed by atoms with Crippen LogP contribution in [-0.2, 0) is 17.4 Å². The number of pyridine rings is 1. The third kappa shape index (κ3) is 5.42. The highest BCUT2D eigenvalue weighted by Gasteiger charge is 2.51. The number of anilines is 2. The van der Waals surface area contributed by atoms with E-state index in [0.29, 0.717) is 26.3 Å². The zero-order valence-corrected chi connectivity index (χ0v) is 26.0. The quantitative estimate of drug-likeness (QED) is 0.335. The SMILES string of the molecule is CC(C)(C)[S@@](=O)N[C@@H]1c2sc(Cl)nc2CC12CCN(c1cnc(Sc3ccnc(C4CC4)c3Cl)c(N)n1)CC2. The summed E-state index contributed by atoms with van der Waals surface area (Å²) in [5.41, 5.74) is 8.31. The number of piperidine rings is 1. The Bertz CT molecular complexity index is 1430. The fourth-order valence-corrected chi connectivity index (χ4v) is 8.92. The van der Waals surface area contributed by atoms with Gasteiger partial charge in [0.05, 0.1) is 44.4 Å². The summed E-state index contributed by atoms with van der Waals surface area (Å²) in [6.45, 7) is 7.55. The van der Waals surface area contributed by atoms with Gasteiger partial charge in [-0.25, -0.2) is 23.9 Å². The monoisotopic (exact) mass is 623 g/mol. The first-order valence-corrected chi connectivity index (χ1v) is 16.6. The predicted molar refractivity (Wildman–Crippen MR) is 160 cm³/mol. The number of hydrogen-bond donors (Lipinski definition) is 2. The third-order valence-corrected chi connectivity index (χ3v) is 12.2. The van der Waals surface area contributed by atoms with Crippen molar-refractivity contribution in [1.82, 2.24) is 24.7 Å². The number of halogens is 2. The molecule has 1 aliphatic heterocycles. The topological polar surface area (TPSA) is 110 Å². The predicted octanol–water partition coefficient (Wildman–Crippen LogP) is 6.18. The minimum absolute atomic E-state index is 0.0414. The van der Waals surface area contributed by atoms with Gasteiger partial charge in [-0.05, 0) is 58.9 Å². The number of nitrogen functional groups attached to an aromatic ring is 1. The molecule has 0 bridgehead atoms. The van der Waals surface area contributed by atoms with Crippen LogP contribution in [0.15, 0.2) is 28.4 Å². The molecular formula is C26H31Cl2N7OS3. The Morgan fingerprint density at radius 2 is 1.95 bits per heavy atom. The Kier molecular flexibility index (Phi) is 7.38. The molecule has 6 rings (SSSR count). The Hall–Kier alpha value is -1.50. The van der Waals surface area contributed by atoms with E-state index in [2.05, 4.69) is 24.6 Å². The Balaban J connectivity index is 1.17. The van der Waals surface area contributed by atoms with Crippen molar-refractivity contribution < 1.29 is 4.21 Å². The number of aromatic nitrogens is 4. The van der Waals surface area contributed by atoms with Crippen LogP contribution in [0.25, 0.3) is 0 Å². The summed E-state index contributed by atoms with van der Waals surface area (Å²) >= 11 is 15.8. The Morgan fingerprint density at radius 1 is 1.21 bits per heavy atom. The van der Waals surface area contributed by atoms with Crippen LogP contribution in [0.5, 0.6) is 0 Å². The van der Waals surface area contributed by atoms with Crippen LogP contribution < -0.4 is 15.4 Å². The summed E-state index contributed by atoms with van der Waals surface area (Å²) in [7, 11) is -1.21. The molecule has 3 aliphatic rings. The number of hydrogen-bond acceptors (Lipinski definition) is 9. The van der Waals surface area contributed by atoms with Crippen LogP contribution in [0.2, 0.25) is 9.49 Å². The second-order valence-corrected chi connectivity index (χ2v) is 16.6. The molecule has 0 unspecified atom stereocenters. The maximum atomic E-state index is 13.1. The van der Waals surface area contributed by atoms with Gasteiger partial charge in [0.15, 0.2) is 10.3 Å². The molecule has 1 spiro atoms. The normalized spacial score (nSPS) is 21.4. The summed E-state index contributed by atoms with van der Waals surface area (Å²) in [6.07, 6.45) is 8.51. The molecule has 0 radical (unpaired) electrons. The zero-order chi connectivity index (χ0) is 27.5. The molecule has 4 heterocycles. The van der Waals surface area contributed by atoms with Gasteiger partial charge >= 0.3 is 0 Å². The maximum Gasteiger partial charge on any atom is 0.184 e. The van der Waals surface area contributed by atoms with Crippen LogP contribution in [0.1, 0.15) is 74.7 Å². The van der Waals surface area contributed by atoms with E-state index in [-0.39, 0.29) is 16.2 Å². The molecule has 3 N–H and O–H groups in total. The van der Waals surface area contributed by atoms with E-state index in [1.165, 1.54) is 23.1 Å². The Labute approximate surface area is 249 Å². The number of rotatable bonds is 6. The lowest BCUT2D eigenvalue weighted by atomic mass is 9.74. The van der Waals surface area contributed by atoms with Crippen LogP contribution in [-0.4, -0.2) is 42.0 Å². The van der Waals surface area contributed by atoms with Gasteiger partial charge in [-0.2, -0.15) is 0 Å². The van der Waals surface area contributed by atoms with Crippen LogP contribution in [0, 0.1) is 5.41 Å². The number of nitrogens with one attached hydrogen (secondary N) is 1. The Morgan fingerprint density at radius 3 is 2.62 bits per heavy atom. The van der Waals surface area contributed by atoms with Crippen molar-refractivity contribution >= 4 is 68.9 Å². The van der Waals surface area contributed by atoms with Crippen molar-refractivity contribution in [1.29, 1.82) is 0 Å². The molecule has 1 saturated heterocycles. The van der Waals surface area contributed by atoms with Gasteiger partial charge in [0, 0.05) is 40.4 Å². The molecule has 13 heteroatoms. The summed E-state index contributed by atoms with van der Waals surface area (Å²) in [6, 6.07) is 1.86. The molecule has 2 fully saturated rings. The molecule has 3 aromatic rings. The van der Waals surface area contributed by atoms with E-state index in [1.54, 1.807) is 12.4 Å². The zero-order valence-electron chi connectivity index (χ0n) is 22.0. The largest absolute Gasteiger partial charge is 0.381 e. The van der Waals surface area contributed by atoms with E-state index in [4.69, 9.17) is 33.9 Å². The minimum Gasteiger partial charge on any atom is -0.381 e. The van der Waals surface area contributed by atoms with E-state index >= 15 is 0 Å². The molecule has 39 heavy (non-hydrogen) atoms. The van der Waals surface area contributed by atoms with E-state index in [9.17, 15) is 4.21 Å². The van der Waals surface area contributed by atoms with Crippen LogP contribution in [0.4, 0.5) is 11.6 Å². The van der Waals surface area contributed by atoms with Gasteiger partial charge in [-0.1, -0.05) is 35.0 Å². The summed E-state index contributed by atoms with van der Waals surface area (Å²) in [4.78, 5) is 22.7. The number of thiazole rings is 1. The average Bonchev–Trinajstić information content (AvgIpc) is 3.62. The van der Waals surface area contributed by atoms with E-state index < -0.39 is 11.0 Å². The molecular weight excluding hydrogens is 593 g/mol. The highest BCUT2D eigenvalue weighted by molar-refractivity contribution is 7.99. The summed E-state index contributed by atoms with van der Waals surface area (Å²) in [5.74, 6) is 1.62. The highest BCUT2D eigenvalue weighted by atomic mass is 35.5. The smallest absolute Gasteiger partial charge is 0.184 e. The number of nitrogens with two attached hydrogens (primary N) is 1. The molecule has 208 valence electrons. The van der Waals surface area contributed by atoms with Crippen molar-refractivity contribution in [2.75, 3.05) is 23.7 Å². The standard InChI is InChI=1S/C26H31Cl2N7OS3/c1-25(2,3)39(36)34-21-20-15(32-24(28)38-20)12-26(21)7-10-35(11-8-26)17-13-31-23(22(29)33-17)37-16-6-9-30-19(18(16)27)14-4-5-14/h6,9,13-14,21,34H,4-5,7-8,10-12H2,1-3H3,(H2,29,33)/t21-,39-/m1/s1. The molecule has 2 atom stereocenters. The van der Waals surface area contributed by atoms with Gasteiger partial charge in [-0.3, -0.25) is 4.98 Å². The minimum atomic E-state index is -1.21. The number of fused-ring (bicyclic) bond motifs is 1. The van der Waals surface area contributed by atoms with E-state index in [1.807, 2.05) is 26.8 Å². The van der Waals surface area contributed by atoms with Crippen molar-refractivity contribution in [3.8, 4) is 0 Å². The summed E-state index contributed by atoms with van der Waals surface area (Å²) < 4.78 is 16.8. The molecule has 0 amide bonds. The van der Waals surface area contributed by atoms with E-state index in [0.717, 1.165) is 72.2 Å². The van der Waals surface area contributed by atoms with Crippen LogP contribution in [0.3, 0.4) is 0 Å². The fraction of sp³-hybridized carbons (Fsp3) is 0.538. The molecule has 0 aromatic carbocycles. The maximum absolute atomic E-state index is 13.1. The van der Waals surface area contributed by atoms with Gasteiger partial charge in [0.2, 0.25) is 0 Å². The highest BCUT2D eigenvalue weighted by Crippen LogP contribution is 2.55. The van der Waals surface area contributed by atoms with Crippen molar-refractivity contribution in [2.24, 2.45) is 5.41 Å². The van der Waals surface area contributed by atoms with Crippen molar-refractivity contribution in [2.45, 2.75) is 79.5 Å². The molecule has 3 aromatic heterocycles. The lowest BCUT2D eigenvalue weighted by Gasteiger charge is -2.44. The third-order valence-electron chi connectivity index (χ3n) is 7.76. The van der Waals surface area contributed by atoms with Crippen molar-refractivity contribution in [3.63, 3.8) is 0 Å².